The normalized spacial score (nSPS) is 10.4. The number of hydrogen-bond donors (Lipinski definition) is 0. The number of rotatable bonds is 6. The first-order chi connectivity index (χ1) is 10.2. The van der Waals surface area contributed by atoms with E-state index < -0.39 is 5.97 Å². The average Bonchev–Trinajstić information content (AvgIpc) is 3.14. The van der Waals surface area contributed by atoms with E-state index in [1.807, 2.05) is 24.4 Å². The van der Waals surface area contributed by atoms with E-state index in [0.717, 1.165) is 9.88 Å². The second kappa shape index (κ2) is 7.33. The molecule has 5 nitrogen and oxygen atoms in total. The van der Waals surface area contributed by atoms with Crippen LogP contribution in [0.5, 0.6) is 0 Å². The Morgan fingerprint density at radius 3 is 2.76 bits per heavy atom. The van der Waals surface area contributed by atoms with Crippen molar-refractivity contribution >= 4 is 34.6 Å². The lowest BCUT2D eigenvalue weighted by Crippen LogP contribution is -2.36. The maximum Gasteiger partial charge on any atom is 0.325 e. The third-order valence-electron chi connectivity index (χ3n) is 2.75. The Balaban J connectivity index is 2.09. The van der Waals surface area contributed by atoms with Crippen LogP contribution in [0.25, 0.3) is 9.88 Å². The summed E-state index contributed by atoms with van der Waals surface area (Å²) in [6, 6.07) is 3.91. The molecule has 0 spiro atoms. The molecule has 0 aliphatic carbocycles. The van der Waals surface area contributed by atoms with E-state index in [1.165, 1.54) is 16.2 Å². The summed E-state index contributed by atoms with van der Waals surface area (Å²) < 4.78 is 4.88. The molecule has 0 atom stereocenters. The van der Waals surface area contributed by atoms with Crippen molar-refractivity contribution < 1.29 is 14.3 Å². The first-order valence-corrected chi connectivity index (χ1v) is 8.36. The highest BCUT2D eigenvalue weighted by Crippen LogP contribution is 2.28. The number of nitrogens with zero attached hydrogens (tertiary/aromatic N) is 2. The van der Waals surface area contributed by atoms with Gasteiger partial charge in [0.05, 0.1) is 11.5 Å². The summed E-state index contributed by atoms with van der Waals surface area (Å²) in [5, 5.41) is 4.52. The van der Waals surface area contributed by atoms with Gasteiger partial charge < -0.3 is 9.64 Å². The van der Waals surface area contributed by atoms with Crippen LogP contribution in [0, 0.1) is 0 Å². The number of carbonyl (C=O) groups is 2. The summed E-state index contributed by atoms with van der Waals surface area (Å²) in [5.74, 6) is -0.647. The topological polar surface area (TPSA) is 59.5 Å². The zero-order valence-corrected chi connectivity index (χ0v) is 13.5. The van der Waals surface area contributed by atoms with E-state index >= 15 is 0 Å². The highest BCUT2D eigenvalue weighted by molar-refractivity contribution is 7.20. The molecule has 2 heterocycles. The molecule has 0 N–H and O–H groups in total. The van der Waals surface area contributed by atoms with Crippen molar-refractivity contribution in [2.24, 2.45) is 0 Å². The molecule has 0 saturated heterocycles. The van der Waals surface area contributed by atoms with Crippen molar-refractivity contribution in [3.8, 4) is 9.88 Å². The Hall–Kier alpha value is -1.73. The van der Waals surface area contributed by atoms with Gasteiger partial charge in [-0.3, -0.25) is 9.59 Å². The van der Waals surface area contributed by atoms with E-state index in [2.05, 4.69) is 4.98 Å². The Morgan fingerprint density at radius 1 is 1.33 bits per heavy atom. The van der Waals surface area contributed by atoms with E-state index in [1.54, 1.807) is 23.6 Å². The SMILES string of the molecule is CCOC(=O)CN(CC)C(=O)c1csc(-c2cccs2)n1. The minimum Gasteiger partial charge on any atom is -0.465 e. The van der Waals surface area contributed by atoms with Crippen LogP contribution in [0.2, 0.25) is 0 Å². The van der Waals surface area contributed by atoms with Crippen LogP contribution in [0.4, 0.5) is 0 Å². The minimum absolute atomic E-state index is 0.0466. The lowest BCUT2D eigenvalue weighted by atomic mass is 10.3. The highest BCUT2D eigenvalue weighted by Gasteiger charge is 2.20. The largest absolute Gasteiger partial charge is 0.465 e. The Labute approximate surface area is 131 Å². The fourth-order valence-electron chi connectivity index (χ4n) is 1.74. The molecule has 0 aromatic carbocycles. The molecule has 0 fully saturated rings. The quantitative estimate of drug-likeness (QED) is 0.767. The van der Waals surface area contributed by atoms with Gasteiger partial charge in [0.25, 0.3) is 5.91 Å². The van der Waals surface area contributed by atoms with E-state index in [0.29, 0.717) is 18.8 Å². The van der Waals surface area contributed by atoms with Crippen LogP contribution in [0.3, 0.4) is 0 Å². The molecule has 7 heteroatoms. The molecule has 2 aromatic heterocycles. The van der Waals surface area contributed by atoms with Crippen molar-refractivity contribution in [3.05, 3.63) is 28.6 Å². The van der Waals surface area contributed by atoms with Crippen LogP contribution < -0.4 is 0 Å². The number of ether oxygens (including phenoxy) is 1. The molecule has 0 bridgehead atoms. The summed E-state index contributed by atoms with van der Waals surface area (Å²) in [4.78, 5) is 30.7. The number of aromatic nitrogens is 1. The monoisotopic (exact) mass is 324 g/mol. The molecule has 0 radical (unpaired) electrons. The smallest absolute Gasteiger partial charge is 0.325 e. The maximum atomic E-state index is 12.4. The van der Waals surface area contributed by atoms with Gasteiger partial charge in [0.15, 0.2) is 0 Å². The average molecular weight is 324 g/mol. The van der Waals surface area contributed by atoms with Gasteiger partial charge in [0, 0.05) is 11.9 Å². The fourth-order valence-corrected chi connectivity index (χ4v) is 3.35. The lowest BCUT2D eigenvalue weighted by molar-refractivity contribution is -0.143. The molecule has 2 aromatic rings. The van der Waals surface area contributed by atoms with Gasteiger partial charge in [-0.2, -0.15) is 0 Å². The standard InChI is InChI=1S/C14H16N2O3S2/c1-3-16(8-12(17)19-4-2)14(18)10-9-21-13(15-10)11-6-5-7-20-11/h5-7,9H,3-4,8H2,1-2H3. The zero-order valence-electron chi connectivity index (χ0n) is 11.9. The van der Waals surface area contributed by atoms with Gasteiger partial charge in [-0.05, 0) is 25.3 Å². The van der Waals surface area contributed by atoms with E-state index in [4.69, 9.17) is 4.74 Å². The molecule has 0 aliphatic heterocycles. The third kappa shape index (κ3) is 3.89. The predicted octanol–water partition coefficient (Wildman–Crippen LogP) is 2.90. The Kier molecular flexibility index (Phi) is 5.46. The van der Waals surface area contributed by atoms with Gasteiger partial charge >= 0.3 is 5.97 Å². The molecule has 0 aliphatic rings. The lowest BCUT2D eigenvalue weighted by Gasteiger charge is -2.18. The molecule has 2 rings (SSSR count). The van der Waals surface area contributed by atoms with Gasteiger partial charge in [0.2, 0.25) is 0 Å². The van der Waals surface area contributed by atoms with Crippen molar-refractivity contribution in [2.45, 2.75) is 13.8 Å². The zero-order chi connectivity index (χ0) is 15.2. The van der Waals surface area contributed by atoms with E-state index in [9.17, 15) is 9.59 Å². The number of carbonyl (C=O) groups excluding carboxylic acids is 2. The number of thiophene rings is 1. The van der Waals surface area contributed by atoms with Crippen LogP contribution in [0.15, 0.2) is 22.9 Å². The molecule has 1 amide bonds. The third-order valence-corrected chi connectivity index (χ3v) is 4.63. The van der Waals surface area contributed by atoms with Crippen molar-refractivity contribution in [3.63, 3.8) is 0 Å². The van der Waals surface area contributed by atoms with Crippen molar-refractivity contribution in [1.29, 1.82) is 0 Å². The summed E-state index contributed by atoms with van der Waals surface area (Å²) in [5.41, 5.74) is 0.370. The first-order valence-electron chi connectivity index (χ1n) is 6.60. The summed E-state index contributed by atoms with van der Waals surface area (Å²) in [6.07, 6.45) is 0. The Morgan fingerprint density at radius 2 is 2.14 bits per heavy atom. The molecular formula is C14H16N2O3S2. The second-order valence-corrected chi connectivity index (χ2v) is 5.95. The number of thiazole rings is 1. The first kappa shape index (κ1) is 15.7. The molecule has 21 heavy (non-hydrogen) atoms. The van der Waals surface area contributed by atoms with Gasteiger partial charge in [-0.25, -0.2) is 4.98 Å². The second-order valence-electron chi connectivity index (χ2n) is 4.14. The van der Waals surface area contributed by atoms with Gasteiger partial charge in [0.1, 0.15) is 17.2 Å². The highest BCUT2D eigenvalue weighted by atomic mass is 32.1. The van der Waals surface area contributed by atoms with Crippen LogP contribution in [-0.4, -0.2) is 41.5 Å². The van der Waals surface area contributed by atoms with Gasteiger partial charge in [-0.1, -0.05) is 6.07 Å². The predicted molar refractivity (Wildman–Crippen MR) is 83.6 cm³/mol. The minimum atomic E-state index is -0.401. The summed E-state index contributed by atoms with van der Waals surface area (Å²) >= 11 is 3.01. The van der Waals surface area contributed by atoms with Gasteiger partial charge in [-0.15, -0.1) is 22.7 Å². The number of likely N-dealkylation sites (N-methyl/N-ethyl adjacent to an activating group) is 1. The van der Waals surface area contributed by atoms with Crippen molar-refractivity contribution in [2.75, 3.05) is 19.7 Å². The van der Waals surface area contributed by atoms with Crippen molar-refractivity contribution in [1.82, 2.24) is 9.88 Å². The fraction of sp³-hybridized carbons (Fsp3) is 0.357. The maximum absolute atomic E-state index is 12.4. The molecular weight excluding hydrogens is 308 g/mol. The number of hydrogen-bond acceptors (Lipinski definition) is 6. The van der Waals surface area contributed by atoms with Crippen LogP contribution >= 0.6 is 22.7 Å². The van der Waals surface area contributed by atoms with E-state index in [-0.39, 0.29) is 12.5 Å². The molecule has 0 saturated carbocycles. The summed E-state index contributed by atoms with van der Waals surface area (Å²) in [6.45, 7) is 4.26. The number of esters is 1. The van der Waals surface area contributed by atoms with Crippen LogP contribution in [0.1, 0.15) is 24.3 Å². The Bertz CT molecular complexity index is 608. The molecule has 0 unspecified atom stereocenters. The summed E-state index contributed by atoms with van der Waals surface area (Å²) in [7, 11) is 0. The number of amides is 1. The van der Waals surface area contributed by atoms with Crippen LogP contribution in [-0.2, 0) is 9.53 Å². The molecule has 112 valence electrons.